The lowest BCUT2D eigenvalue weighted by atomic mass is 10.1. The molecule has 0 radical (unpaired) electrons. The maximum atomic E-state index is 12.5. The predicted octanol–water partition coefficient (Wildman–Crippen LogP) is 2.88. The summed E-state index contributed by atoms with van der Waals surface area (Å²) in [5.41, 5.74) is 1.36. The molecule has 1 fully saturated rings. The molecule has 0 spiro atoms. The van der Waals surface area contributed by atoms with Gasteiger partial charge in [-0.15, -0.1) is 0 Å². The van der Waals surface area contributed by atoms with E-state index >= 15 is 0 Å². The fourth-order valence-corrected chi connectivity index (χ4v) is 2.78. The largest absolute Gasteiger partial charge is 0.348 e. The first-order valence-corrected chi connectivity index (χ1v) is 8.63. The van der Waals surface area contributed by atoms with Gasteiger partial charge in [0.2, 0.25) is 5.91 Å². The number of rotatable bonds is 4. The highest BCUT2D eigenvalue weighted by atomic mass is 16.2. The number of likely N-dealkylation sites (tertiary alicyclic amines) is 1. The van der Waals surface area contributed by atoms with Gasteiger partial charge in [-0.1, -0.05) is 19.9 Å². The van der Waals surface area contributed by atoms with Crippen LogP contribution in [-0.2, 0) is 4.79 Å². The number of amides is 2. The highest BCUT2D eigenvalue weighted by molar-refractivity contribution is 5.97. The third-order valence-corrected chi connectivity index (χ3v) is 4.39. The molecule has 24 heavy (non-hydrogen) atoms. The van der Waals surface area contributed by atoms with Gasteiger partial charge in [-0.25, -0.2) is 0 Å². The van der Waals surface area contributed by atoms with Gasteiger partial charge in [-0.05, 0) is 45.4 Å². The number of anilines is 1. The average Bonchev–Trinajstić information content (AvgIpc) is 2.96. The molecular formula is C19H29N3O2. The summed E-state index contributed by atoms with van der Waals surface area (Å²) in [5.74, 6) is -0.232. The number of hydrogen-bond donors (Lipinski definition) is 2. The molecule has 5 heteroatoms. The van der Waals surface area contributed by atoms with Crippen LogP contribution in [0, 0.1) is 5.92 Å². The van der Waals surface area contributed by atoms with Crippen LogP contribution in [0.5, 0.6) is 0 Å². The minimum atomic E-state index is -0.0932. The first kappa shape index (κ1) is 18.5. The first-order valence-electron chi connectivity index (χ1n) is 8.63. The van der Waals surface area contributed by atoms with Crippen LogP contribution in [0.3, 0.4) is 0 Å². The Morgan fingerprint density at radius 3 is 2.54 bits per heavy atom. The zero-order valence-corrected chi connectivity index (χ0v) is 15.3. The summed E-state index contributed by atoms with van der Waals surface area (Å²) in [6, 6.07) is 7.27. The van der Waals surface area contributed by atoms with Gasteiger partial charge < -0.3 is 10.6 Å². The van der Waals surface area contributed by atoms with Gasteiger partial charge in [0, 0.05) is 41.8 Å². The fraction of sp³-hybridized carbons (Fsp3) is 0.579. The van der Waals surface area contributed by atoms with Gasteiger partial charge in [0.05, 0.1) is 0 Å². The molecule has 5 nitrogen and oxygen atoms in total. The Balaban J connectivity index is 1.97. The molecular weight excluding hydrogens is 302 g/mol. The molecule has 1 atom stereocenters. The van der Waals surface area contributed by atoms with Crippen molar-refractivity contribution in [1.29, 1.82) is 0 Å². The zero-order valence-electron chi connectivity index (χ0n) is 15.3. The summed E-state index contributed by atoms with van der Waals surface area (Å²) in [6.45, 7) is 12.1. The molecule has 132 valence electrons. The molecule has 1 aromatic rings. The Kier molecular flexibility index (Phi) is 5.65. The molecule has 0 bridgehead atoms. The van der Waals surface area contributed by atoms with Crippen molar-refractivity contribution >= 4 is 17.5 Å². The summed E-state index contributed by atoms with van der Waals surface area (Å²) in [5, 5.41) is 5.94. The van der Waals surface area contributed by atoms with Gasteiger partial charge in [0.15, 0.2) is 0 Å². The van der Waals surface area contributed by atoms with E-state index in [9.17, 15) is 9.59 Å². The Morgan fingerprint density at radius 1 is 1.25 bits per heavy atom. The van der Waals surface area contributed by atoms with Crippen molar-refractivity contribution in [3.05, 3.63) is 29.8 Å². The lowest BCUT2D eigenvalue weighted by molar-refractivity contribution is -0.118. The normalized spacial score (nSPS) is 18.7. The summed E-state index contributed by atoms with van der Waals surface area (Å²) in [6.07, 6.45) is 0.965. The van der Waals surface area contributed by atoms with Gasteiger partial charge in [-0.3, -0.25) is 14.5 Å². The van der Waals surface area contributed by atoms with Crippen molar-refractivity contribution in [3.63, 3.8) is 0 Å². The molecule has 0 saturated carbocycles. The number of benzene rings is 1. The number of carbonyl (C=O) groups is 2. The van der Waals surface area contributed by atoms with E-state index in [1.54, 1.807) is 24.3 Å². The molecule has 2 rings (SSSR count). The second-order valence-corrected chi connectivity index (χ2v) is 7.80. The predicted molar refractivity (Wildman–Crippen MR) is 97.1 cm³/mol. The number of carbonyl (C=O) groups excluding carboxylic acids is 2. The number of nitrogens with one attached hydrogen (secondary N) is 2. The lowest BCUT2D eigenvalue weighted by Gasteiger charge is -2.31. The summed E-state index contributed by atoms with van der Waals surface area (Å²) >= 11 is 0. The van der Waals surface area contributed by atoms with E-state index in [4.69, 9.17) is 0 Å². The molecule has 2 amide bonds. The molecule has 1 heterocycles. The second kappa shape index (κ2) is 7.34. The third kappa shape index (κ3) is 4.81. The zero-order chi connectivity index (χ0) is 17.9. The van der Waals surface area contributed by atoms with E-state index in [2.05, 4.69) is 36.3 Å². The minimum absolute atomic E-state index is 0.0517. The van der Waals surface area contributed by atoms with E-state index in [1.165, 1.54) is 0 Å². The fourth-order valence-electron chi connectivity index (χ4n) is 2.78. The van der Waals surface area contributed by atoms with Gasteiger partial charge in [-0.2, -0.15) is 0 Å². The molecule has 1 unspecified atom stereocenters. The van der Waals surface area contributed by atoms with Crippen molar-refractivity contribution < 1.29 is 9.59 Å². The van der Waals surface area contributed by atoms with Crippen LogP contribution in [0.15, 0.2) is 24.3 Å². The van der Waals surface area contributed by atoms with E-state index in [-0.39, 0.29) is 29.3 Å². The Hall–Kier alpha value is -1.88. The number of hydrogen-bond acceptors (Lipinski definition) is 3. The smallest absolute Gasteiger partial charge is 0.251 e. The molecule has 1 aliphatic rings. The van der Waals surface area contributed by atoms with Gasteiger partial charge in [0.25, 0.3) is 5.91 Å². The van der Waals surface area contributed by atoms with Crippen LogP contribution >= 0.6 is 0 Å². The molecule has 1 saturated heterocycles. The highest BCUT2D eigenvalue weighted by Gasteiger charge is 2.31. The minimum Gasteiger partial charge on any atom is -0.348 e. The van der Waals surface area contributed by atoms with E-state index in [0.717, 1.165) is 19.5 Å². The quantitative estimate of drug-likeness (QED) is 0.892. The molecule has 1 aromatic carbocycles. The summed E-state index contributed by atoms with van der Waals surface area (Å²) in [4.78, 5) is 26.7. The van der Waals surface area contributed by atoms with Crippen LogP contribution in [0.1, 0.15) is 51.4 Å². The monoisotopic (exact) mass is 331 g/mol. The molecule has 2 N–H and O–H groups in total. The Labute approximate surface area is 144 Å². The SMILES string of the molecule is CC(C)C(=O)Nc1cccc(C(=O)NC2CCN(C(C)(C)C)C2)c1. The van der Waals surface area contributed by atoms with Crippen molar-refractivity contribution in [2.24, 2.45) is 5.92 Å². The van der Waals surface area contributed by atoms with Crippen LogP contribution < -0.4 is 10.6 Å². The molecule has 1 aliphatic heterocycles. The topological polar surface area (TPSA) is 61.4 Å². The molecule has 0 aromatic heterocycles. The van der Waals surface area contributed by atoms with Crippen LogP contribution in [0.25, 0.3) is 0 Å². The third-order valence-electron chi connectivity index (χ3n) is 4.39. The van der Waals surface area contributed by atoms with Crippen molar-refractivity contribution in [2.45, 2.75) is 52.6 Å². The van der Waals surface area contributed by atoms with Crippen molar-refractivity contribution in [3.8, 4) is 0 Å². The number of nitrogens with zero attached hydrogens (tertiary/aromatic N) is 1. The summed E-state index contributed by atoms with van der Waals surface area (Å²) in [7, 11) is 0. The van der Waals surface area contributed by atoms with Crippen molar-refractivity contribution in [2.75, 3.05) is 18.4 Å². The van der Waals surface area contributed by atoms with Gasteiger partial charge in [0.1, 0.15) is 0 Å². The van der Waals surface area contributed by atoms with Crippen LogP contribution in [0.2, 0.25) is 0 Å². The van der Waals surface area contributed by atoms with Crippen LogP contribution in [-0.4, -0.2) is 41.4 Å². The average molecular weight is 331 g/mol. The maximum absolute atomic E-state index is 12.5. The Morgan fingerprint density at radius 2 is 1.96 bits per heavy atom. The first-order chi connectivity index (χ1) is 11.2. The lowest BCUT2D eigenvalue weighted by Crippen LogP contribution is -2.43. The second-order valence-electron chi connectivity index (χ2n) is 7.80. The van der Waals surface area contributed by atoms with E-state index < -0.39 is 0 Å². The summed E-state index contributed by atoms with van der Waals surface area (Å²) < 4.78 is 0. The van der Waals surface area contributed by atoms with E-state index in [1.807, 2.05) is 13.8 Å². The standard InChI is InChI=1S/C19H29N3O2/c1-13(2)17(23)20-15-8-6-7-14(11-15)18(24)21-16-9-10-22(12-16)19(3,4)5/h6-8,11,13,16H,9-10,12H2,1-5H3,(H,20,23)(H,21,24). The van der Waals surface area contributed by atoms with Crippen LogP contribution in [0.4, 0.5) is 5.69 Å². The van der Waals surface area contributed by atoms with E-state index in [0.29, 0.717) is 11.3 Å². The highest BCUT2D eigenvalue weighted by Crippen LogP contribution is 2.21. The van der Waals surface area contributed by atoms with Gasteiger partial charge >= 0.3 is 0 Å². The maximum Gasteiger partial charge on any atom is 0.251 e. The Bertz CT molecular complexity index is 605. The molecule has 0 aliphatic carbocycles. The van der Waals surface area contributed by atoms with Crippen molar-refractivity contribution in [1.82, 2.24) is 10.2 Å².